The highest BCUT2D eigenvalue weighted by Gasteiger charge is 2.20. The Morgan fingerprint density at radius 2 is 2.04 bits per heavy atom. The van der Waals surface area contributed by atoms with Crippen LogP contribution in [-0.4, -0.2) is 33.2 Å². The second kappa shape index (κ2) is 6.62. The van der Waals surface area contributed by atoms with E-state index in [1.807, 2.05) is 53.9 Å². The second-order valence-electron chi connectivity index (χ2n) is 5.13. The summed E-state index contributed by atoms with van der Waals surface area (Å²) in [6.45, 7) is 0.749. The summed E-state index contributed by atoms with van der Waals surface area (Å²) in [5, 5.41) is 10.2. The highest BCUT2D eigenvalue weighted by molar-refractivity contribution is 8.14. The molecule has 1 amide bonds. The number of carbonyl (C=O) groups is 1. The van der Waals surface area contributed by atoms with Crippen LogP contribution in [0.4, 0.5) is 0 Å². The van der Waals surface area contributed by atoms with Gasteiger partial charge in [-0.1, -0.05) is 36.0 Å². The number of para-hydroxylation sites is 1. The van der Waals surface area contributed by atoms with E-state index >= 15 is 0 Å². The van der Waals surface area contributed by atoms with Gasteiger partial charge in [-0.25, -0.2) is 4.68 Å². The molecule has 3 heterocycles. The van der Waals surface area contributed by atoms with Gasteiger partial charge in [0.05, 0.1) is 17.1 Å². The molecule has 0 bridgehead atoms. The van der Waals surface area contributed by atoms with Crippen molar-refractivity contribution in [1.82, 2.24) is 15.1 Å². The minimum atomic E-state index is -0.192. The van der Waals surface area contributed by atoms with Crippen molar-refractivity contribution in [2.75, 3.05) is 12.3 Å². The number of nitrogens with one attached hydrogen (secondary N) is 1. The number of nitrogens with zero attached hydrogens (tertiary/aromatic N) is 3. The van der Waals surface area contributed by atoms with Crippen molar-refractivity contribution in [2.45, 2.75) is 0 Å². The zero-order valence-electron chi connectivity index (χ0n) is 12.7. The molecule has 120 valence electrons. The number of amidine groups is 1. The van der Waals surface area contributed by atoms with E-state index in [1.54, 1.807) is 27.8 Å². The Hall–Kier alpha value is -2.38. The van der Waals surface area contributed by atoms with E-state index in [-0.39, 0.29) is 5.91 Å². The van der Waals surface area contributed by atoms with E-state index in [0.717, 1.165) is 28.6 Å². The topological polar surface area (TPSA) is 59.3 Å². The molecule has 1 aliphatic heterocycles. The van der Waals surface area contributed by atoms with Gasteiger partial charge in [-0.3, -0.25) is 15.1 Å². The van der Waals surface area contributed by atoms with E-state index in [2.05, 4.69) is 15.4 Å². The lowest BCUT2D eigenvalue weighted by Gasteiger charge is -2.07. The van der Waals surface area contributed by atoms with Crippen LogP contribution in [0.3, 0.4) is 0 Å². The molecule has 1 N–H and O–H groups in total. The zero-order chi connectivity index (χ0) is 16.4. The van der Waals surface area contributed by atoms with Crippen molar-refractivity contribution in [3.8, 4) is 16.3 Å². The van der Waals surface area contributed by atoms with Crippen LogP contribution in [0.1, 0.15) is 10.5 Å². The van der Waals surface area contributed by atoms with Crippen LogP contribution in [0.15, 0.2) is 58.9 Å². The van der Waals surface area contributed by atoms with Crippen LogP contribution in [0.25, 0.3) is 16.3 Å². The maximum atomic E-state index is 12.7. The average Bonchev–Trinajstić information content (AvgIpc) is 3.36. The fraction of sp³-hybridized carbons (Fsp3) is 0.118. The Balaban J connectivity index is 1.74. The summed E-state index contributed by atoms with van der Waals surface area (Å²) >= 11 is 3.16. The van der Waals surface area contributed by atoms with Crippen molar-refractivity contribution in [3.63, 3.8) is 0 Å². The number of amides is 1. The molecule has 0 aliphatic carbocycles. The van der Waals surface area contributed by atoms with Gasteiger partial charge >= 0.3 is 0 Å². The van der Waals surface area contributed by atoms with Gasteiger partial charge in [0.25, 0.3) is 5.91 Å². The van der Waals surface area contributed by atoms with E-state index in [0.29, 0.717) is 10.9 Å². The molecule has 24 heavy (non-hydrogen) atoms. The van der Waals surface area contributed by atoms with Crippen LogP contribution in [-0.2, 0) is 0 Å². The summed E-state index contributed by atoms with van der Waals surface area (Å²) < 4.78 is 1.69. The Labute approximate surface area is 147 Å². The molecular formula is C17H14N4OS2. The Morgan fingerprint density at radius 1 is 1.17 bits per heavy atom. The van der Waals surface area contributed by atoms with Crippen molar-refractivity contribution < 1.29 is 4.79 Å². The zero-order valence-corrected chi connectivity index (χ0v) is 14.3. The summed E-state index contributed by atoms with van der Waals surface area (Å²) in [5.41, 5.74) is 2.14. The monoisotopic (exact) mass is 354 g/mol. The van der Waals surface area contributed by atoms with Crippen LogP contribution < -0.4 is 5.32 Å². The van der Waals surface area contributed by atoms with Gasteiger partial charge in [0.1, 0.15) is 11.4 Å². The molecule has 4 rings (SSSR count). The van der Waals surface area contributed by atoms with Crippen molar-refractivity contribution >= 4 is 34.2 Å². The Morgan fingerprint density at radius 3 is 2.75 bits per heavy atom. The van der Waals surface area contributed by atoms with Crippen LogP contribution in [0.2, 0.25) is 0 Å². The SMILES string of the molecule is O=C(NC1=NCCS1)c1cc(-c2cccs2)nn1-c1ccccc1. The number of hydrogen-bond donors (Lipinski definition) is 1. The molecule has 0 saturated carbocycles. The standard InChI is InChI=1S/C17H14N4OS2/c22-16(19-17-18-8-10-24-17)14-11-13(15-7-4-9-23-15)20-21(14)12-5-2-1-3-6-12/h1-7,9,11H,8,10H2,(H,18,19,22). The fourth-order valence-electron chi connectivity index (χ4n) is 2.43. The molecule has 1 aromatic carbocycles. The number of aliphatic imine (C=N–C) groups is 1. The lowest BCUT2D eigenvalue weighted by Crippen LogP contribution is -2.29. The predicted octanol–water partition coefficient (Wildman–Crippen LogP) is 3.43. The quantitative estimate of drug-likeness (QED) is 0.784. The molecule has 1 aliphatic rings. The van der Waals surface area contributed by atoms with Crippen molar-refractivity contribution in [3.05, 3.63) is 59.6 Å². The normalized spacial score (nSPS) is 13.8. The molecule has 0 unspecified atom stereocenters. The first-order valence-electron chi connectivity index (χ1n) is 7.49. The molecular weight excluding hydrogens is 340 g/mol. The van der Waals surface area contributed by atoms with Crippen LogP contribution >= 0.6 is 23.1 Å². The number of hydrogen-bond acceptors (Lipinski definition) is 5. The summed E-state index contributed by atoms with van der Waals surface area (Å²) in [6.07, 6.45) is 0. The van der Waals surface area contributed by atoms with Gasteiger partial charge in [0.15, 0.2) is 5.17 Å². The lowest BCUT2D eigenvalue weighted by molar-refractivity contribution is 0.0970. The van der Waals surface area contributed by atoms with Crippen LogP contribution in [0, 0.1) is 0 Å². The largest absolute Gasteiger partial charge is 0.300 e. The highest BCUT2D eigenvalue weighted by atomic mass is 32.2. The number of rotatable bonds is 3. The molecule has 3 aromatic rings. The minimum absolute atomic E-state index is 0.192. The number of carbonyl (C=O) groups excluding carboxylic acids is 1. The van der Waals surface area contributed by atoms with E-state index in [1.165, 1.54) is 0 Å². The second-order valence-corrected chi connectivity index (χ2v) is 7.16. The maximum absolute atomic E-state index is 12.7. The molecule has 2 aromatic heterocycles. The number of thioether (sulfide) groups is 1. The van der Waals surface area contributed by atoms with Crippen molar-refractivity contribution in [1.29, 1.82) is 0 Å². The van der Waals surface area contributed by atoms with Crippen LogP contribution in [0.5, 0.6) is 0 Å². The van der Waals surface area contributed by atoms with E-state index in [9.17, 15) is 4.79 Å². The van der Waals surface area contributed by atoms with Gasteiger partial charge in [0, 0.05) is 5.75 Å². The molecule has 0 atom stereocenters. The van der Waals surface area contributed by atoms with E-state index in [4.69, 9.17) is 0 Å². The predicted molar refractivity (Wildman–Crippen MR) is 99.1 cm³/mol. The fourth-order valence-corrected chi connectivity index (χ4v) is 3.83. The molecule has 0 spiro atoms. The first-order valence-corrected chi connectivity index (χ1v) is 9.36. The molecule has 5 nitrogen and oxygen atoms in total. The Kier molecular flexibility index (Phi) is 4.18. The van der Waals surface area contributed by atoms with Gasteiger partial charge < -0.3 is 0 Å². The van der Waals surface area contributed by atoms with E-state index < -0.39 is 0 Å². The van der Waals surface area contributed by atoms with Gasteiger partial charge in [-0.2, -0.15) is 5.10 Å². The number of thiophene rings is 1. The summed E-state index contributed by atoms with van der Waals surface area (Å²) in [5.74, 6) is 0.718. The third kappa shape index (κ3) is 3.00. The third-order valence-electron chi connectivity index (χ3n) is 3.52. The maximum Gasteiger partial charge on any atom is 0.275 e. The summed E-state index contributed by atoms with van der Waals surface area (Å²) in [7, 11) is 0. The average molecular weight is 354 g/mol. The first kappa shape index (κ1) is 15.2. The Bertz CT molecular complexity index is 885. The first-order chi connectivity index (χ1) is 11.8. The summed E-state index contributed by atoms with van der Waals surface area (Å²) in [6, 6.07) is 15.5. The van der Waals surface area contributed by atoms with Crippen molar-refractivity contribution in [2.24, 2.45) is 4.99 Å². The number of benzene rings is 1. The lowest BCUT2D eigenvalue weighted by atomic mass is 10.3. The number of aromatic nitrogens is 2. The third-order valence-corrected chi connectivity index (χ3v) is 5.31. The van der Waals surface area contributed by atoms with Gasteiger partial charge in [0.2, 0.25) is 0 Å². The minimum Gasteiger partial charge on any atom is -0.300 e. The van der Waals surface area contributed by atoms with Gasteiger partial charge in [-0.05, 0) is 29.6 Å². The molecule has 7 heteroatoms. The molecule has 0 saturated heterocycles. The smallest absolute Gasteiger partial charge is 0.275 e. The molecule has 0 fully saturated rings. The molecule has 0 radical (unpaired) electrons. The summed E-state index contributed by atoms with van der Waals surface area (Å²) in [4.78, 5) is 18.0. The highest BCUT2D eigenvalue weighted by Crippen LogP contribution is 2.26. The van der Waals surface area contributed by atoms with Gasteiger partial charge in [-0.15, -0.1) is 11.3 Å².